The second kappa shape index (κ2) is 10.3. The predicted octanol–water partition coefficient (Wildman–Crippen LogP) is 3.97. The quantitative estimate of drug-likeness (QED) is 0.501. The van der Waals surface area contributed by atoms with E-state index in [2.05, 4.69) is 55.4 Å². The fourth-order valence-electron chi connectivity index (χ4n) is 3.08. The zero-order valence-electron chi connectivity index (χ0n) is 17.4. The van der Waals surface area contributed by atoms with Crippen LogP contribution in [0.2, 0.25) is 0 Å². The van der Waals surface area contributed by atoms with Crippen LogP contribution in [0.3, 0.4) is 0 Å². The maximum atomic E-state index is 6.25. The van der Waals surface area contributed by atoms with Crippen LogP contribution in [0, 0.1) is 0 Å². The molecule has 4 nitrogen and oxygen atoms in total. The van der Waals surface area contributed by atoms with Crippen molar-refractivity contribution in [3.05, 3.63) is 77.9 Å². The molecule has 1 unspecified atom stereocenters. The maximum absolute atomic E-state index is 6.25. The lowest BCUT2D eigenvalue weighted by molar-refractivity contribution is 0.286. The predicted molar refractivity (Wildman–Crippen MR) is 122 cm³/mol. The van der Waals surface area contributed by atoms with E-state index in [1.807, 2.05) is 30.3 Å². The smallest absolute Gasteiger partial charge is 0.169 e. The Morgan fingerprint density at radius 3 is 2.24 bits per heavy atom. The molecule has 0 amide bonds. The highest BCUT2D eigenvalue weighted by atomic mass is 31.1. The van der Waals surface area contributed by atoms with Crippen molar-refractivity contribution in [2.75, 3.05) is 28.3 Å². The Bertz CT molecular complexity index is 929. The van der Waals surface area contributed by atoms with Crippen LogP contribution in [-0.2, 0) is 13.2 Å². The molecule has 0 bridgehead atoms. The molecule has 0 heterocycles. The van der Waals surface area contributed by atoms with E-state index < -0.39 is 0 Å². The van der Waals surface area contributed by atoms with Gasteiger partial charge in [0.25, 0.3) is 0 Å². The topological polar surface area (TPSA) is 30.9 Å². The highest BCUT2D eigenvalue weighted by Crippen LogP contribution is 2.35. The minimum absolute atomic E-state index is 0.429. The van der Waals surface area contributed by atoms with Crippen molar-refractivity contribution < 1.29 is 14.2 Å². The van der Waals surface area contributed by atoms with Gasteiger partial charge in [0.05, 0.1) is 14.2 Å². The van der Waals surface area contributed by atoms with Crippen LogP contribution in [0.5, 0.6) is 17.2 Å². The van der Waals surface area contributed by atoms with Gasteiger partial charge in [-0.15, -0.1) is 0 Å². The minimum Gasteiger partial charge on any atom is -0.497 e. The summed E-state index contributed by atoms with van der Waals surface area (Å²) in [6, 6.07) is 22.6. The molecule has 0 saturated heterocycles. The summed E-state index contributed by atoms with van der Waals surface area (Å²) in [6.07, 6.45) is 0. The Hall–Kier alpha value is -2.55. The van der Waals surface area contributed by atoms with Gasteiger partial charge in [0.1, 0.15) is 12.4 Å². The van der Waals surface area contributed by atoms with Crippen molar-refractivity contribution in [3.63, 3.8) is 0 Å². The molecule has 0 aliphatic rings. The second-order valence-electron chi connectivity index (χ2n) is 7.00. The number of methoxy groups -OCH3 is 2. The number of benzene rings is 3. The lowest BCUT2D eigenvalue weighted by atomic mass is 10.2. The van der Waals surface area contributed by atoms with Gasteiger partial charge in [0.15, 0.2) is 11.5 Å². The summed E-state index contributed by atoms with van der Waals surface area (Å²) < 4.78 is 17.4. The van der Waals surface area contributed by atoms with Crippen molar-refractivity contribution in [1.82, 2.24) is 4.90 Å². The molecule has 29 heavy (non-hydrogen) atoms. The summed E-state index contributed by atoms with van der Waals surface area (Å²) in [5.41, 5.74) is 2.43. The van der Waals surface area contributed by atoms with Crippen molar-refractivity contribution in [3.8, 4) is 17.2 Å². The second-order valence-corrected chi connectivity index (χ2v) is 8.33. The van der Waals surface area contributed by atoms with Crippen LogP contribution in [0.15, 0.2) is 66.7 Å². The first-order chi connectivity index (χ1) is 14.1. The lowest BCUT2D eigenvalue weighted by Crippen LogP contribution is -2.18. The molecule has 0 spiro atoms. The first-order valence-corrected chi connectivity index (χ1v) is 10.5. The molecule has 0 radical (unpaired) electrons. The number of ether oxygens (including phenoxy) is 3. The summed E-state index contributed by atoms with van der Waals surface area (Å²) >= 11 is 0. The van der Waals surface area contributed by atoms with E-state index in [4.69, 9.17) is 14.2 Å². The van der Waals surface area contributed by atoms with Gasteiger partial charge in [0.2, 0.25) is 0 Å². The summed E-state index contributed by atoms with van der Waals surface area (Å²) in [4.78, 5) is 2.18. The fraction of sp³-hybridized carbons (Fsp3) is 0.250. The van der Waals surface area contributed by atoms with Crippen LogP contribution in [0.1, 0.15) is 11.1 Å². The number of nitrogens with zero attached hydrogens (tertiary/aromatic N) is 1. The summed E-state index contributed by atoms with van der Waals surface area (Å²) in [7, 11) is 7.94. The zero-order valence-corrected chi connectivity index (χ0v) is 18.4. The summed E-state index contributed by atoms with van der Waals surface area (Å²) in [6.45, 7) is 1.38. The number of rotatable bonds is 9. The van der Waals surface area contributed by atoms with Gasteiger partial charge in [-0.1, -0.05) is 63.2 Å². The van der Waals surface area contributed by atoms with E-state index in [-0.39, 0.29) is 0 Å². The summed E-state index contributed by atoms with van der Waals surface area (Å²) in [5, 5.41) is 2.37. The third-order valence-corrected chi connectivity index (χ3v) is 5.88. The lowest BCUT2D eigenvalue weighted by Gasteiger charge is -2.19. The molecule has 152 valence electrons. The van der Waals surface area contributed by atoms with E-state index >= 15 is 0 Å². The fourth-order valence-corrected chi connectivity index (χ4v) is 4.40. The normalized spacial score (nSPS) is 11.2. The average Bonchev–Trinajstić information content (AvgIpc) is 2.74. The molecule has 3 rings (SSSR count). The molecule has 3 aromatic rings. The van der Waals surface area contributed by atoms with Crippen molar-refractivity contribution in [2.24, 2.45) is 0 Å². The van der Waals surface area contributed by atoms with Crippen LogP contribution < -0.4 is 24.8 Å². The van der Waals surface area contributed by atoms with Crippen molar-refractivity contribution >= 4 is 19.2 Å². The minimum atomic E-state index is 0.429. The largest absolute Gasteiger partial charge is 0.497 e. The monoisotopic (exact) mass is 409 g/mol. The molecule has 1 atom stereocenters. The van der Waals surface area contributed by atoms with Crippen LogP contribution >= 0.6 is 8.58 Å². The van der Waals surface area contributed by atoms with Gasteiger partial charge >= 0.3 is 0 Å². The van der Waals surface area contributed by atoms with Gasteiger partial charge in [-0.25, -0.2) is 0 Å². The van der Waals surface area contributed by atoms with Crippen molar-refractivity contribution in [1.29, 1.82) is 0 Å². The van der Waals surface area contributed by atoms with E-state index in [0.29, 0.717) is 20.9 Å². The zero-order chi connectivity index (χ0) is 20.6. The van der Waals surface area contributed by atoms with Gasteiger partial charge in [0, 0.05) is 17.9 Å². The Kier molecular flexibility index (Phi) is 7.51. The average molecular weight is 409 g/mol. The molecule has 0 fully saturated rings. The molecule has 0 aliphatic carbocycles. The van der Waals surface area contributed by atoms with E-state index in [1.165, 1.54) is 10.9 Å². The van der Waals surface area contributed by atoms with Gasteiger partial charge in [-0.3, -0.25) is 0 Å². The van der Waals surface area contributed by atoms with Gasteiger partial charge < -0.3 is 19.1 Å². The van der Waals surface area contributed by atoms with Crippen LogP contribution in [0.25, 0.3) is 0 Å². The Morgan fingerprint density at radius 2 is 1.55 bits per heavy atom. The standard InChI is InChI=1S/C24H28NO3P/c1-25(2)16-19-12-8-9-13-22(19)29-23-15-20(26-3)14-21(27-4)24(23)28-17-18-10-6-5-7-11-18/h5-15,29H,16-17H2,1-4H3. The van der Waals surface area contributed by atoms with E-state index in [0.717, 1.165) is 28.9 Å². The Labute approximate surface area is 175 Å². The third-order valence-electron chi connectivity index (χ3n) is 4.48. The third kappa shape index (κ3) is 5.72. The van der Waals surface area contributed by atoms with Crippen molar-refractivity contribution in [2.45, 2.75) is 13.2 Å². The molecule has 0 saturated carbocycles. The molecule has 5 heteroatoms. The van der Waals surface area contributed by atoms with E-state index in [9.17, 15) is 0 Å². The molecule has 3 aromatic carbocycles. The van der Waals surface area contributed by atoms with Gasteiger partial charge in [-0.2, -0.15) is 0 Å². The maximum Gasteiger partial charge on any atom is 0.169 e. The van der Waals surface area contributed by atoms with Gasteiger partial charge in [-0.05, 0) is 36.6 Å². The molecule has 0 aromatic heterocycles. The molecular weight excluding hydrogens is 381 g/mol. The highest BCUT2D eigenvalue weighted by molar-refractivity contribution is 7.55. The Balaban J connectivity index is 1.96. The summed E-state index contributed by atoms with van der Waals surface area (Å²) in [5.74, 6) is 2.23. The molecule has 0 aliphatic heterocycles. The number of hydrogen-bond acceptors (Lipinski definition) is 4. The molecular formula is C24H28NO3P. The van der Waals surface area contributed by atoms with Crippen LogP contribution in [0.4, 0.5) is 0 Å². The number of hydrogen-bond donors (Lipinski definition) is 0. The Morgan fingerprint density at radius 1 is 0.828 bits per heavy atom. The first-order valence-electron chi connectivity index (χ1n) is 9.53. The SMILES string of the molecule is COc1cc(OC)c(OCc2ccccc2)c(Pc2ccccc2CN(C)C)c1. The van der Waals surface area contributed by atoms with Crippen LogP contribution in [-0.4, -0.2) is 33.2 Å². The first kappa shape index (κ1) is 21.2. The molecule has 0 N–H and O–H groups in total. The van der Waals surface area contributed by atoms with E-state index in [1.54, 1.807) is 14.2 Å². The highest BCUT2D eigenvalue weighted by Gasteiger charge is 2.16.